The third-order valence-corrected chi connectivity index (χ3v) is 5.40. The molecule has 2 aromatic carbocycles. The van der Waals surface area contributed by atoms with Crippen molar-refractivity contribution >= 4 is 23.7 Å². The first kappa shape index (κ1) is 20.4. The summed E-state index contributed by atoms with van der Waals surface area (Å²) < 4.78 is 16.9. The molecule has 33 heavy (non-hydrogen) atoms. The molecule has 1 atom stereocenters. The predicted octanol–water partition coefficient (Wildman–Crippen LogP) is 3.00. The van der Waals surface area contributed by atoms with Crippen molar-refractivity contribution in [3.05, 3.63) is 88.9 Å². The Hall–Kier alpha value is -4.46. The fraction of sp³-hybridized carbons (Fsp3) is 0.120. The van der Waals surface area contributed by atoms with Crippen molar-refractivity contribution in [3.63, 3.8) is 0 Å². The number of pyridine rings is 1. The molecule has 5 rings (SSSR count). The average Bonchev–Trinajstić information content (AvgIpc) is 3.13. The van der Waals surface area contributed by atoms with Gasteiger partial charge in [0.1, 0.15) is 17.2 Å². The summed E-state index contributed by atoms with van der Waals surface area (Å²) in [6, 6.07) is 13.8. The molecule has 3 heterocycles. The number of Topliss-reactive ketones (excluding diaryl/α,β-unsaturated/α-hetero) is 1. The minimum Gasteiger partial charge on any atom is -0.484 e. The Bertz CT molecular complexity index is 1320. The Labute approximate surface area is 188 Å². The molecule has 2 aliphatic rings. The number of esters is 1. The number of benzene rings is 2. The van der Waals surface area contributed by atoms with Crippen LogP contribution in [-0.2, 0) is 9.59 Å². The molecule has 0 spiro atoms. The first-order valence-electron chi connectivity index (χ1n) is 10.2. The fourth-order valence-electron chi connectivity index (χ4n) is 3.98. The Morgan fingerprint density at radius 3 is 2.82 bits per heavy atom. The van der Waals surface area contributed by atoms with Gasteiger partial charge in [0.05, 0.1) is 12.0 Å². The highest BCUT2D eigenvalue weighted by Gasteiger charge is 2.38. The number of hydrogen-bond donors (Lipinski definition) is 1. The zero-order valence-electron chi connectivity index (χ0n) is 17.3. The second-order valence-electron chi connectivity index (χ2n) is 7.64. The van der Waals surface area contributed by atoms with Gasteiger partial charge in [-0.1, -0.05) is 18.2 Å². The number of aromatic nitrogens is 1. The third-order valence-electron chi connectivity index (χ3n) is 5.40. The van der Waals surface area contributed by atoms with Crippen molar-refractivity contribution < 1.29 is 28.6 Å². The van der Waals surface area contributed by atoms with Crippen LogP contribution in [0.3, 0.4) is 0 Å². The molecule has 2 aliphatic heterocycles. The van der Waals surface area contributed by atoms with Crippen molar-refractivity contribution in [1.82, 2.24) is 4.98 Å². The molecule has 8 heteroatoms. The highest BCUT2D eigenvalue weighted by molar-refractivity contribution is 6.15. The van der Waals surface area contributed by atoms with E-state index in [2.05, 4.69) is 4.98 Å². The highest BCUT2D eigenvalue weighted by Crippen LogP contribution is 2.49. The summed E-state index contributed by atoms with van der Waals surface area (Å²) in [4.78, 5) is 40.5. The molecule has 0 saturated heterocycles. The summed E-state index contributed by atoms with van der Waals surface area (Å²) in [5, 5.41) is 0. The number of amides is 1. The Balaban J connectivity index is 1.56. The molecule has 1 unspecified atom stereocenters. The van der Waals surface area contributed by atoms with Gasteiger partial charge in [-0.05, 0) is 47.5 Å². The molecule has 164 valence electrons. The first-order valence-corrected chi connectivity index (χ1v) is 10.2. The normalized spacial score (nSPS) is 17.7. The van der Waals surface area contributed by atoms with Gasteiger partial charge in [-0.25, -0.2) is 0 Å². The van der Waals surface area contributed by atoms with E-state index in [0.717, 1.165) is 11.1 Å². The van der Waals surface area contributed by atoms with E-state index in [1.54, 1.807) is 54.9 Å². The second kappa shape index (κ2) is 8.23. The fourth-order valence-corrected chi connectivity index (χ4v) is 3.98. The lowest BCUT2D eigenvalue weighted by molar-refractivity contribution is -0.135. The maximum Gasteiger partial charge on any atom is 0.312 e. The largest absolute Gasteiger partial charge is 0.484 e. The summed E-state index contributed by atoms with van der Waals surface area (Å²) in [5.74, 6) is -0.364. The van der Waals surface area contributed by atoms with Crippen molar-refractivity contribution in [2.24, 2.45) is 5.73 Å². The minimum absolute atomic E-state index is 0.0575. The smallest absolute Gasteiger partial charge is 0.312 e. The predicted molar refractivity (Wildman–Crippen MR) is 117 cm³/mol. The van der Waals surface area contributed by atoms with Gasteiger partial charge in [0.2, 0.25) is 5.78 Å². The number of rotatable bonds is 5. The van der Waals surface area contributed by atoms with Gasteiger partial charge in [-0.15, -0.1) is 0 Å². The van der Waals surface area contributed by atoms with Gasteiger partial charge in [0.15, 0.2) is 12.4 Å². The molecule has 0 saturated carbocycles. The lowest BCUT2D eigenvalue weighted by atomic mass is 9.84. The Kier molecular flexibility index (Phi) is 5.10. The molecule has 2 N–H and O–H groups in total. The van der Waals surface area contributed by atoms with Crippen LogP contribution in [0.2, 0.25) is 0 Å². The lowest BCUT2D eigenvalue weighted by Gasteiger charge is -2.26. The van der Waals surface area contributed by atoms with Crippen LogP contribution in [0.15, 0.2) is 66.7 Å². The molecular formula is C25H18N2O6. The molecule has 1 aromatic heterocycles. The van der Waals surface area contributed by atoms with Crippen molar-refractivity contribution in [3.8, 4) is 17.2 Å². The van der Waals surface area contributed by atoms with Gasteiger partial charge in [-0.3, -0.25) is 19.4 Å². The summed E-state index contributed by atoms with van der Waals surface area (Å²) in [6.45, 7) is -0.262. The SMILES string of the molecule is NC(=O)COc1cccc(C2CC(=O)Oc3ccc4c(c32)OC(=Cc2cccnc2)C4=O)c1. The van der Waals surface area contributed by atoms with Crippen molar-refractivity contribution in [1.29, 1.82) is 0 Å². The Morgan fingerprint density at radius 1 is 1.15 bits per heavy atom. The number of hydrogen-bond acceptors (Lipinski definition) is 7. The van der Waals surface area contributed by atoms with E-state index < -0.39 is 17.8 Å². The minimum atomic E-state index is -0.593. The lowest BCUT2D eigenvalue weighted by Crippen LogP contribution is -2.22. The monoisotopic (exact) mass is 442 g/mol. The van der Waals surface area contributed by atoms with Crippen molar-refractivity contribution in [2.45, 2.75) is 12.3 Å². The van der Waals surface area contributed by atoms with Crippen LogP contribution in [0.4, 0.5) is 0 Å². The number of allylic oxidation sites excluding steroid dienone is 1. The standard InChI is InChI=1S/C25H18N2O6/c26-21(28)13-31-16-5-1-4-15(10-16)18-11-22(29)32-19-7-6-17-24(30)20(33-25(17)23(18)19)9-14-3-2-8-27-12-14/h1-10,12,18H,11,13H2,(H2,26,28). The number of primary amides is 1. The van der Waals surface area contributed by atoms with E-state index in [9.17, 15) is 14.4 Å². The van der Waals surface area contributed by atoms with Crippen LogP contribution in [0, 0.1) is 0 Å². The van der Waals surface area contributed by atoms with Crippen LogP contribution in [0.5, 0.6) is 17.2 Å². The zero-order valence-corrected chi connectivity index (χ0v) is 17.3. The highest BCUT2D eigenvalue weighted by atomic mass is 16.5. The Morgan fingerprint density at radius 2 is 2.03 bits per heavy atom. The number of nitrogens with zero attached hydrogens (tertiary/aromatic N) is 1. The number of ketones is 1. The van der Waals surface area contributed by atoms with Gasteiger partial charge in [0, 0.05) is 23.9 Å². The van der Waals surface area contributed by atoms with Crippen LogP contribution in [-0.4, -0.2) is 29.3 Å². The average molecular weight is 442 g/mol. The number of fused-ring (bicyclic) bond motifs is 3. The van der Waals surface area contributed by atoms with Crippen LogP contribution in [0.25, 0.3) is 6.08 Å². The zero-order chi connectivity index (χ0) is 22.9. The van der Waals surface area contributed by atoms with E-state index in [1.807, 2.05) is 12.1 Å². The molecular weight excluding hydrogens is 424 g/mol. The first-order chi connectivity index (χ1) is 16.0. The topological polar surface area (TPSA) is 118 Å². The van der Waals surface area contributed by atoms with Gasteiger partial charge in [0.25, 0.3) is 5.91 Å². The number of nitrogens with two attached hydrogens (primary N) is 1. The van der Waals surface area contributed by atoms with E-state index in [-0.39, 0.29) is 24.6 Å². The van der Waals surface area contributed by atoms with Gasteiger partial charge in [-0.2, -0.15) is 0 Å². The number of carbonyl (C=O) groups is 3. The van der Waals surface area contributed by atoms with Crippen molar-refractivity contribution in [2.75, 3.05) is 6.61 Å². The van der Waals surface area contributed by atoms with E-state index >= 15 is 0 Å². The van der Waals surface area contributed by atoms with E-state index in [1.165, 1.54) is 0 Å². The quantitative estimate of drug-likeness (QED) is 0.367. The summed E-state index contributed by atoms with van der Waals surface area (Å²) in [5.41, 5.74) is 7.65. The van der Waals surface area contributed by atoms with Crippen LogP contribution in [0.1, 0.15) is 39.4 Å². The molecule has 0 radical (unpaired) electrons. The van der Waals surface area contributed by atoms with E-state index in [0.29, 0.717) is 28.4 Å². The maximum absolute atomic E-state index is 13.0. The maximum atomic E-state index is 13.0. The summed E-state index contributed by atoms with van der Waals surface area (Å²) in [7, 11) is 0. The molecule has 8 nitrogen and oxygen atoms in total. The van der Waals surface area contributed by atoms with Crippen LogP contribution >= 0.6 is 0 Å². The van der Waals surface area contributed by atoms with Crippen LogP contribution < -0.4 is 19.9 Å². The molecule has 0 aliphatic carbocycles. The molecule has 1 amide bonds. The molecule has 3 aromatic rings. The number of carbonyl (C=O) groups excluding carboxylic acids is 3. The summed E-state index contributed by atoms with van der Waals surface area (Å²) >= 11 is 0. The molecule has 0 fully saturated rings. The third kappa shape index (κ3) is 3.94. The van der Waals surface area contributed by atoms with Gasteiger partial charge < -0.3 is 19.9 Å². The summed E-state index contributed by atoms with van der Waals surface area (Å²) in [6.07, 6.45) is 4.96. The van der Waals surface area contributed by atoms with E-state index in [4.69, 9.17) is 19.9 Å². The number of ether oxygens (including phenoxy) is 3. The second-order valence-corrected chi connectivity index (χ2v) is 7.64. The van der Waals surface area contributed by atoms with Gasteiger partial charge >= 0.3 is 5.97 Å². The molecule has 0 bridgehead atoms.